The number of hydrogen-bond acceptors (Lipinski definition) is 4. The summed E-state index contributed by atoms with van der Waals surface area (Å²) in [6.07, 6.45) is 1.64. The minimum Gasteiger partial charge on any atom is -0.447 e. The minimum atomic E-state index is 0.0676. The third-order valence-corrected chi connectivity index (χ3v) is 0.837. The molecule has 10 heavy (non-hydrogen) atoms. The molecule has 0 amide bonds. The molecule has 1 aromatic heterocycles. The highest BCUT2D eigenvalue weighted by molar-refractivity contribution is 5.23. The van der Waals surface area contributed by atoms with Crippen molar-refractivity contribution >= 4 is 5.82 Å². The lowest BCUT2D eigenvalue weighted by Gasteiger charge is -2.01. The van der Waals surface area contributed by atoms with E-state index in [1.807, 2.05) is 13.8 Å². The molecule has 0 aromatic carbocycles. The SMILES string of the molecule is CC(C)Oc1nc(N)co1. The number of rotatable bonds is 2. The molecule has 0 unspecified atom stereocenters. The molecular formula is C6H10N2O2. The second kappa shape index (κ2) is 2.60. The van der Waals surface area contributed by atoms with E-state index in [1.54, 1.807) is 0 Å². The molecule has 0 atom stereocenters. The molecule has 0 bridgehead atoms. The topological polar surface area (TPSA) is 61.3 Å². The maximum atomic E-state index is 5.27. The highest BCUT2D eigenvalue weighted by atomic mass is 16.6. The van der Waals surface area contributed by atoms with Crippen LogP contribution in [0.2, 0.25) is 0 Å². The first kappa shape index (κ1) is 6.92. The van der Waals surface area contributed by atoms with Crippen molar-refractivity contribution < 1.29 is 9.15 Å². The van der Waals surface area contributed by atoms with E-state index in [0.717, 1.165) is 0 Å². The Labute approximate surface area is 59.0 Å². The molecule has 0 saturated heterocycles. The van der Waals surface area contributed by atoms with Gasteiger partial charge in [0.1, 0.15) is 6.26 Å². The first-order chi connectivity index (χ1) is 4.68. The van der Waals surface area contributed by atoms with Gasteiger partial charge in [-0.05, 0) is 13.8 Å². The van der Waals surface area contributed by atoms with E-state index in [4.69, 9.17) is 14.9 Å². The normalized spacial score (nSPS) is 10.3. The lowest BCUT2D eigenvalue weighted by atomic mass is 10.5. The fourth-order valence-electron chi connectivity index (χ4n) is 0.525. The largest absolute Gasteiger partial charge is 0.447 e. The number of ether oxygens (including phenoxy) is 1. The van der Waals surface area contributed by atoms with Crippen LogP contribution in [0.1, 0.15) is 13.8 Å². The third kappa shape index (κ3) is 1.65. The van der Waals surface area contributed by atoms with Gasteiger partial charge >= 0.3 is 6.08 Å². The summed E-state index contributed by atoms with van der Waals surface area (Å²) < 4.78 is 9.89. The number of nitrogen functional groups attached to an aromatic ring is 1. The summed E-state index contributed by atoms with van der Waals surface area (Å²) in [6, 6.07) is 0. The summed E-state index contributed by atoms with van der Waals surface area (Å²) in [5.74, 6) is 0.343. The Bertz CT molecular complexity index is 207. The van der Waals surface area contributed by atoms with Gasteiger partial charge in [0.25, 0.3) is 0 Å². The molecule has 0 aliphatic carbocycles. The third-order valence-electron chi connectivity index (χ3n) is 0.837. The van der Waals surface area contributed by atoms with E-state index < -0.39 is 0 Å². The standard InChI is InChI=1S/C6H10N2O2/c1-4(2)10-6-8-5(7)3-9-6/h3-4H,7H2,1-2H3. The second-order valence-electron chi connectivity index (χ2n) is 2.20. The Hall–Kier alpha value is -1.19. The Morgan fingerprint density at radius 3 is 2.80 bits per heavy atom. The van der Waals surface area contributed by atoms with Gasteiger partial charge in [-0.25, -0.2) is 0 Å². The van der Waals surface area contributed by atoms with Gasteiger partial charge in [-0.15, -0.1) is 0 Å². The summed E-state index contributed by atoms with van der Waals surface area (Å²) in [5, 5.41) is 0. The molecule has 1 rings (SSSR count). The van der Waals surface area contributed by atoms with Crippen molar-refractivity contribution in [2.24, 2.45) is 0 Å². The molecule has 4 heteroatoms. The van der Waals surface area contributed by atoms with Gasteiger partial charge in [0.15, 0.2) is 5.82 Å². The molecular weight excluding hydrogens is 132 g/mol. The summed E-state index contributed by atoms with van der Waals surface area (Å²) in [6.45, 7) is 3.78. The van der Waals surface area contributed by atoms with Crippen LogP contribution in [0.5, 0.6) is 6.08 Å². The first-order valence-corrected chi connectivity index (χ1v) is 3.06. The molecule has 4 nitrogen and oxygen atoms in total. The van der Waals surface area contributed by atoms with Crippen LogP contribution in [0.15, 0.2) is 10.7 Å². The minimum absolute atomic E-state index is 0.0676. The van der Waals surface area contributed by atoms with Gasteiger partial charge in [0, 0.05) is 0 Å². The van der Waals surface area contributed by atoms with Crippen LogP contribution in [-0.4, -0.2) is 11.1 Å². The zero-order valence-corrected chi connectivity index (χ0v) is 6.00. The van der Waals surface area contributed by atoms with Gasteiger partial charge in [-0.2, -0.15) is 4.98 Å². The van der Waals surface area contributed by atoms with E-state index in [0.29, 0.717) is 5.82 Å². The zero-order chi connectivity index (χ0) is 7.56. The zero-order valence-electron chi connectivity index (χ0n) is 6.00. The molecule has 0 saturated carbocycles. The number of oxazole rings is 1. The predicted octanol–water partition coefficient (Wildman–Crippen LogP) is 1.04. The Morgan fingerprint density at radius 2 is 2.40 bits per heavy atom. The lowest BCUT2D eigenvalue weighted by Crippen LogP contribution is -2.05. The van der Waals surface area contributed by atoms with E-state index in [-0.39, 0.29) is 12.2 Å². The Kier molecular flexibility index (Phi) is 1.80. The van der Waals surface area contributed by atoms with Crippen molar-refractivity contribution in [2.75, 3.05) is 5.73 Å². The smallest absolute Gasteiger partial charge is 0.395 e. The van der Waals surface area contributed by atoms with Crippen molar-refractivity contribution in [2.45, 2.75) is 20.0 Å². The number of nitrogens with two attached hydrogens (primary N) is 1. The lowest BCUT2D eigenvalue weighted by molar-refractivity contribution is 0.176. The Morgan fingerprint density at radius 1 is 1.70 bits per heavy atom. The van der Waals surface area contributed by atoms with Gasteiger partial charge in [-0.3, -0.25) is 0 Å². The molecule has 1 heterocycles. The average Bonchev–Trinajstić information content (AvgIpc) is 2.13. The Balaban J connectivity index is 2.58. The van der Waals surface area contributed by atoms with E-state index >= 15 is 0 Å². The molecule has 0 radical (unpaired) electrons. The van der Waals surface area contributed by atoms with Crippen molar-refractivity contribution in [3.63, 3.8) is 0 Å². The monoisotopic (exact) mass is 142 g/mol. The van der Waals surface area contributed by atoms with E-state index in [2.05, 4.69) is 4.98 Å². The van der Waals surface area contributed by atoms with Gasteiger partial charge < -0.3 is 14.9 Å². The summed E-state index contributed by atoms with van der Waals surface area (Å²) >= 11 is 0. The number of nitrogens with zero attached hydrogens (tertiary/aromatic N) is 1. The maximum Gasteiger partial charge on any atom is 0.395 e. The van der Waals surface area contributed by atoms with Crippen LogP contribution in [0.3, 0.4) is 0 Å². The van der Waals surface area contributed by atoms with E-state index in [1.165, 1.54) is 6.26 Å². The molecule has 0 fully saturated rings. The van der Waals surface area contributed by atoms with Crippen molar-refractivity contribution in [1.82, 2.24) is 4.98 Å². The maximum absolute atomic E-state index is 5.27. The summed E-state index contributed by atoms with van der Waals surface area (Å²) in [4.78, 5) is 3.74. The molecule has 1 aromatic rings. The molecule has 0 spiro atoms. The second-order valence-corrected chi connectivity index (χ2v) is 2.20. The van der Waals surface area contributed by atoms with Crippen LogP contribution in [-0.2, 0) is 0 Å². The molecule has 0 aliphatic heterocycles. The van der Waals surface area contributed by atoms with Crippen molar-refractivity contribution in [3.05, 3.63) is 6.26 Å². The van der Waals surface area contributed by atoms with Crippen LogP contribution >= 0.6 is 0 Å². The number of aromatic nitrogens is 1. The van der Waals surface area contributed by atoms with Gasteiger partial charge in [0.2, 0.25) is 0 Å². The first-order valence-electron chi connectivity index (χ1n) is 3.06. The number of anilines is 1. The van der Waals surface area contributed by atoms with Gasteiger partial charge in [-0.1, -0.05) is 0 Å². The molecule has 0 aliphatic rings. The van der Waals surface area contributed by atoms with E-state index in [9.17, 15) is 0 Å². The molecule has 56 valence electrons. The van der Waals surface area contributed by atoms with Crippen LogP contribution in [0, 0.1) is 0 Å². The molecule has 2 N–H and O–H groups in total. The van der Waals surface area contributed by atoms with Gasteiger partial charge in [0.05, 0.1) is 6.10 Å². The quantitative estimate of drug-likeness (QED) is 0.670. The summed E-state index contributed by atoms with van der Waals surface area (Å²) in [5.41, 5.74) is 5.27. The fourth-order valence-corrected chi connectivity index (χ4v) is 0.525. The highest BCUT2D eigenvalue weighted by Crippen LogP contribution is 2.12. The highest BCUT2D eigenvalue weighted by Gasteiger charge is 2.02. The average molecular weight is 142 g/mol. The van der Waals surface area contributed by atoms with Crippen molar-refractivity contribution in [1.29, 1.82) is 0 Å². The number of hydrogen-bond donors (Lipinski definition) is 1. The van der Waals surface area contributed by atoms with Crippen LogP contribution in [0.4, 0.5) is 5.82 Å². The fraction of sp³-hybridized carbons (Fsp3) is 0.500. The predicted molar refractivity (Wildman–Crippen MR) is 36.7 cm³/mol. The van der Waals surface area contributed by atoms with Crippen LogP contribution in [0.25, 0.3) is 0 Å². The van der Waals surface area contributed by atoms with Crippen molar-refractivity contribution in [3.8, 4) is 6.08 Å². The summed E-state index contributed by atoms with van der Waals surface area (Å²) in [7, 11) is 0. The van der Waals surface area contributed by atoms with Crippen LogP contribution < -0.4 is 10.5 Å².